The lowest BCUT2D eigenvalue weighted by atomic mass is 10.0. The van der Waals surface area contributed by atoms with Gasteiger partial charge in [-0.3, -0.25) is 13.9 Å². The number of halogens is 1. The summed E-state index contributed by atoms with van der Waals surface area (Å²) in [6.45, 7) is 5.01. The van der Waals surface area contributed by atoms with Gasteiger partial charge in [0.15, 0.2) is 0 Å². The number of anilines is 1. The van der Waals surface area contributed by atoms with E-state index in [0.717, 1.165) is 21.0 Å². The fraction of sp³-hybridized carbons (Fsp3) is 0.278. The summed E-state index contributed by atoms with van der Waals surface area (Å²) >= 11 is 0. The number of nitrogens with zero attached hydrogens (tertiary/aromatic N) is 2. The summed E-state index contributed by atoms with van der Waals surface area (Å²) in [4.78, 5) is 29.5. The SMILES string of the molecule is CCCNC(=O)[C@H](Cc1ccccc1)N(Cc1ccccc1F)C(=O)CN(c1cc(C)ccc1OC)S(=O)(=O)c1ccc(C)cc1. The van der Waals surface area contributed by atoms with Crippen LogP contribution in [0.2, 0.25) is 0 Å². The van der Waals surface area contributed by atoms with Crippen LogP contribution in [0.15, 0.2) is 102 Å². The molecule has 8 nitrogen and oxygen atoms in total. The van der Waals surface area contributed by atoms with E-state index < -0.39 is 40.2 Å². The lowest BCUT2D eigenvalue weighted by Gasteiger charge is -2.34. The first kappa shape index (κ1) is 34.2. The summed E-state index contributed by atoms with van der Waals surface area (Å²) in [5.74, 6) is -1.40. The predicted molar refractivity (Wildman–Crippen MR) is 178 cm³/mol. The van der Waals surface area contributed by atoms with Crippen molar-refractivity contribution < 1.29 is 27.1 Å². The van der Waals surface area contributed by atoms with Gasteiger partial charge < -0.3 is 15.0 Å². The van der Waals surface area contributed by atoms with Gasteiger partial charge in [0, 0.05) is 25.1 Å². The lowest BCUT2D eigenvalue weighted by molar-refractivity contribution is -0.140. The van der Waals surface area contributed by atoms with E-state index in [2.05, 4.69) is 5.32 Å². The molecule has 0 bridgehead atoms. The molecule has 0 spiro atoms. The maximum atomic E-state index is 15.1. The topological polar surface area (TPSA) is 96.0 Å². The Hall–Kier alpha value is -4.70. The molecule has 0 aliphatic heterocycles. The highest BCUT2D eigenvalue weighted by Crippen LogP contribution is 2.34. The van der Waals surface area contributed by atoms with Gasteiger partial charge in [-0.2, -0.15) is 0 Å². The molecular formula is C36H40FN3O5S. The van der Waals surface area contributed by atoms with Gasteiger partial charge in [-0.1, -0.05) is 79.2 Å². The second kappa shape index (κ2) is 15.5. The maximum Gasteiger partial charge on any atom is 0.264 e. The van der Waals surface area contributed by atoms with Crippen molar-refractivity contribution in [1.82, 2.24) is 10.2 Å². The molecule has 0 aliphatic carbocycles. The van der Waals surface area contributed by atoms with Crippen molar-refractivity contribution in [2.75, 3.05) is 24.5 Å². The summed E-state index contributed by atoms with van der Waals surface area (Å²) in [7, 11) is -2.90. The van der Waals surface area contributed by atoms with Crippen LogP contribution in [0, 0.1) is 19.7 Å². The molecule has 0 saturated heterocycles. The predicted octanol–water partition coefficient (Wildman–Crippen LogP) is 5.81. The maximum absolute atomic E-state index is 15.1. The van der Waals surface area contributed by atoms with E-state index in [1.807, 2.05) is 44.2 Å². The van der Waals surface area contributed by atoms with Gasteiger partial charge in [0.2, 0.25) is 11.8 Å². The molecule has 1 atom stereocenters. The number of methoxy groups -OCH3 is 1. The third-order valence-electron chi connectivity index (χ3n) is 7.61. The van der Waals surface area contributed by atoms with Crippen molar-refractivity contribution in [1.29, 1.82) is 0 Å². The number of aryl methyl sites for hydroxylation is 2. The summed E-state index contributed by atoms with van der Waals surface area (Å²) in [5, 5.41) is 2.88. The summed E-state index contributed by atoms with van der Waals surface area (Å²) in [6.07, 6.45) is 0.801. The van der Waals surface area contributed by atoms with Crippen LogP contribution in [-0.2, 0) is 32.6 Å². The lowest BCUT2D eigenvalue weighted by Crippen LogP contribution is -2.53. The van der Waals surface area contributed by atoms with Crippen molar-refractivity contribution in [3.05, 3.63) is 125 Å². The smallest absolute Gasteiger partial charge is 0.264 e. The Morgan fingerprint density at radius 1 is 0.891 bits per heavy atom. The van der Waals surface area contributed by atoms with Crippen molar-refractivity contribution in [2.45, 2.75) is 51.1 Å². The third kappa shape index (κ3) is 8.31. The van der Waals surface area contributed by atoms with E-state index in [9.17, 15) is 18.0 Å². The van der Waals surface area contributed by atoms with Crippen LogP contribution in [0.25, 0.3) is 0 Å². The third-order valence-corrected chi connectivity index (χ3v) is 9.38. The molecule has 46 heavy (non-hydrogen) atoms. The Labute approximate surface area is 270 Å². The second-order valence-electron chi connectivity index (χ2n) is 11.1. The van der Waals surface area contributed by atoms with E-state index in [4.69, 9.17) is 4.74 Å². The van der Waals surface area contributed by atoms with Crippen LogP contribution in [0.3, 0.4) is 0 Å². The summed E-state index contributed by atoms with van der Waals surface area (Å²) in [5.41, 5.74) is 2.76. The number of hydrogen-bond acceptors (Lipinski definition) is 5. The molecule has 4 rings (SSSR count). The summed E-state index contributed by atoms with van der Waals surface area (Å²) < 4.78 is 50.2. The number of rotatable bonds is 14. The average Bonchev–Trinajstić information content (AvgIpc) is 3.05. The Kier molecular flexibility index (Phi) is 11.5. The fourth-order valence-corrected chi connectivity index (χ4v) is 6.49. The average molecular weight is 646 g/mol. The van der Waals surface area contributed by atoms with Gasteiger partial charge in [-0.25, -0.2) is 12.8 Å². The Morgan fingerprint density at radius 2 is 1.54 bits per heavy atom. The highest BCUT2D eigenvalue weighted by atomic mass is 32.2. The van der Waals surface area contributed by atoms with Crippen LogP contribution in [-0.4, -0.2) is 51.4 Å². The van der Waals surface area contributed by atoms with Crippen LogP contribution in [0.5, 0.6) is 5.75 Å². The molecule has 0 unspecified atom stereocenters. The van der Waals surface area contributed by atoms with E-state index in [-0.39, 0.29) is 34.9 Å². The van der Waals surface area contributed by atoms with Crippen molar-refractivity contribution in [2.24, 2.45) is 0 Å². The number of benzene rings is 4. The zero-order valence-electron chi connectivity index (χ0n) is 26.6. The van der Waals surface area contributed by atoms with E-state index in [0.29, 0.717) is 13.0 Å². The van der Waals surface area contributed by atoms with Crippen LogP contribution >= 0.6 is 0 Å². The first-order chi connectivity index (χ1) is 22.0. The molecule has 10 heteroatoms. The van der Waals surface area contributed by atoms with Crippen molar-refractivity contribution in [3.63, 3.8) is 0 Å². The number of ether oxygens (including phenoxy) is 1. The number of carbonyl (C=O) groups is 2. The molecule has 242 valence electrons. The summed E-state index contributed by atoms with van der Waals surface area (Å²) in [6, 6.07) is 25.5. The minimum Gasteiger partial charge on any atom is -0.495 e. The van der Waals surface area contributed by atoms with E-state index >= 15 is 4.39 Å². The molecular weight excluding hydrogens is 605 g/mol. The van der Waals surface area contributed by atoms with Gasteiger partial charge in [0.25, 0.3) is 10.0 Å². The second-order valence-corrected chi connectivity index (χ2v) is 13.0. The number of carbonyl (C=O) groups excluding carboxylic acids is 2. The minimum absolute atomic E-state index is 0.0170. The standard InChI is InChI=1S/C36H40FN3O5S/c1-5-21-38-36(42)33(23-28-11-7-6-8-12-28)39(24-29-13-9-10-14-31(29)37)35(41)25-40(32-22-27(3)17-20-34(32)45-4)46(43,44)30-18-15-26(2)16-19-30/h6-20,22,33H,5,21,23-25H2,1-4H3,(H,38,42)/t33-/m0/s1. The monoisotopic (exact) mass is 645 g/mol. The Balaban J connectivity index is 1.85. The molecule has 0 saturated carbocycles. The van der Waals surface area contributed by atoms with Crippen molar-refractivity contribution in [3.8, 4) is 5.75 Å². The Bertz CT molecular complexity index is 1750. The zero-order chi connectivity index (χ0) is 33.3. The minimum atomic E-state index is -4.32. The molecule has 0 aromatic heterocycles. The number of sulfonamides is 1. The molecule has 0 aliphatic rings. The molecule has 2 amide bonds. The molecule has 4 aromatic rings. The van der Waals surface area contributed by atoms with Gasteiger partial charge in [-0.15, -0.1) is 0 Å². The van der Waals surface area contributed by atoms with Crippen LogP contribution < -0.4 is 14.4 Å². The van der Waals surface area contributed by atoms with E-state index in [1.54, 1.807) is 55.5 Å². The molecule has 0 heterocycles. The first-order valence-corrected chi connectivity index (χ1v) is 16.6. The quantitative estimate of drug-likeness (QED) is 0.187. The van der Waals surface area contributed by atoms with E-state index in [1.165, 1.54) is 30.2 Å². The molecule has 0 fully saturated rings. The first-order valence-electron chi connectivity index (χ1n) is 15.1. The van der Waals surface area contributed by atoms with Gasteiger partial charge >= 0.3 is 0 Å². The Morgan fingerprint density at radius 3 is 2.20 bits per heavy atom. The number of nitrogens with one attached hydrogen (secondary N) is 1. The van der Waals surface area contributed by atoms with Crippen LogP contribution in [0.4, 0.5) is 10.1 Å². The van der Waals surface area contributed by atoms with Gasteiger partial charge in [-0.05, 0) is 61.7 Å². The fourth-order valence-electron chi connectivity index (χ4n) is 5.08. The van der Waals surface area contributed by atoms with Crippen LogP contribution in [0.1, 0.15) is 35.6 Å². The molecule has 1 N–H and O–H groups in total. The van der Waals surface area contributed by atoms with Gasteiger partial charge in [0.1, 0.15) is 24.2 Å². The van der Waals surface area contributed by atoms with Gasteiger partial charge in [0.05, 0.1) is 17.7 Å². The largest absolute Gasteiger partial charge is 0.495 e. The van der Waals surface area contributed by atoms with Crippen molar-refractivity contribution >= 4 is 27.5 Å². The normalized spacial score (nSPS) is 11.8. The number of hydrogen-bond donors (Lipinski definition) is 1. The molecule has 0 radical (unpaired) electrons. The number of amides is 2. The molecule has 4 aromatic carbocycles. The zero-order valence-corrected chi connectivity index (χ0v) is 27.4. The highest BCUT2D eigenvalue weighted by Gasteiger charge is 2.36. The highest BCUT2D eigenvalue weighted by molar-refractivity contribution is 7.92.